The van der Waals surface area contributed by atoms with Crippen LogP contribution in [0.25, 0.3) is 0 Å². The van der Waals surface area contributed by atoms with Crippen molar-refractivity contribution in [1.82, 2.24) is 10.2 Å². The minimum atomic E-state index is -0.576. The molecule has 1 aliphatic heterocycles. The average molecular weight is 417 g/mol. The van der Waals surface area contributed by atoms with Crippen LogP contribution >= 0.6 is 35.6 Å². The number of methoxy groups -OCH3 is 1. The van der Waals surface area contributed by atoms with Crippen molar-refractivity contribution in [3.8, 4) is 5.75 Å². The number of thioether (sulfide) groups is 1. The molecule has 1 saturated heterocycles. The number of thiocarbonyl (C=S) groups is 1. The first kappa shape index (κ1) is 20.5. The van der Waals surface area contributed by atoms with Gasteiger partial charge in [-0.05, 0) is 18.2 Å². The van der Waals surface area contributed by atoms with Crippen LogP contribution in [0.15, 0.2) is 18.2 Å². The monoisotopic (exact) mass is 416 g/mol. The molecule has 0 unspecified atom stereocenters. The number of nitrogens with one attached hydrogen (secondary N) is 1. The van der Waals surface area contributed by atoms with Crippen LogP contribution < -0.4 is 10.1 Å². The highest BCUT2D eigenvalue weighted by molar-refractivity contribution is 8.23. The summed E-state index contributed by atoms with van der Waals surface area (Å²) < 4.78 is 10.6. The van der Waals surface area contributed by atoms with Crippen LogP contribution in [0, 0.1) is 0 Å². The van der Waals surface area contributed by atoms with Crippen molar-refractivity contribution < 1.29 is 23.9 Å². The molecule has 2 rings (SSSR count). The number of benzene rings is 1. The number of ether oxygens (including phenoxy) is 2. The molecule has 0 bridgehead atoms. The molecule has 0 atom stereocenters. The van der Waals surface area contributed by atoms with Gasteiger partial charge in [0.2, 0.25) is 5.91 Å². The van der Waals surface area contributed by atoms with Gasteiger partial charge in [0.1, 0.15) is 10.1 Å². The van der Waals surface area contributed by atoms with E-state index in [1.165, 1.54) is 23.8 Å². The van der Waals surface area contributed by atoms with E-state index in [9.17, 15) is 14.4 Å². The van der Waals surface area contributed by atoms with E-state index in [1.807, 2.05) is 0 Å². The van der Waals surface area contributed by atoms with Crippen LogP contribution in [-0.4, -0.2) is 59.6 Å². The number of carbonyl (C=O) groups excluding carboxylic acids is 3. The second-order valence-electron chi connectivity index (χ2n) is 5.24. The highest BCUT2D eigenvalue weighted by atomic mass is 35.5. The SMILES string of the molecule is COc1ccc(Cl)cc1CC(=O)OCC(=O)NCCN1C(=O)CSC1=S. The van der Waals surface area contributed by atoms with Gasteiger partial charge in [-0.3, -0.25) is 19.3 Å². The molecule has 0 spiro atoms. The van der Waals surface area contributed by atoms with Gasteiger partial charge in [0.15, 0.2) is 6.61 Å². The van der Waals surface area contributed by atoms with Gasteiger partial charge >= 0.3 is 5.97 Å². The van der Waals surface area contributed by atoms with Crippen molar-refractivity contribution in [3.63, 3.8) is 0 Å². The molecule has 0 aliphatic carbocycles. The van der Waals surface area contributed by atoms with Crippen LogP contribution in [0.5, 0.6) is 5.75 Å². The number of hydrogen-bond acceptors (Lipinski definition) is 7. The van der Waals surface area contributed by atoms with Crippen molar-refractivity contribution in [3.05, 3.63) is 28.8 Å². The molecule has 2 amide bonds. The maximum Gasteiger partial charge on any atom is 0.310 e. The first-order valence-corrected chi connectivity index (χ1v) is 9.39. The van der Waals surface area contributed by atoms with Crippen LogP contribution in [-0.2, 0) is 25.5 Å². The summed E-state index contributed by atoms with van der Waals surface area (Å²) in [5.74, 6) is -0.261. The number of rotatable bonds is 8. The van der Waals surface area contributed by atoms with Crippen LogP contribution in [0.4, 0.5) is 0 Å². The van der Waals surface area contributed by atoms with Crippen molar-refractivity contribution in [1.29, 1.82) is 0 Å². The second-order valence-corrected chi connectivity index (χ2v) is 7.29. The Morgan fingerprint density at radius 3 is 2.85 bits per heavy atom. The first-order chi connectivity index (χ1) is 12.4. The van der Waals surface area contributed by atoms with E-state index in [0.29, 0.717) is 33.0 Å². The summed E-state index contributed by atoms with van der Waals surface area (Å²) >= 11 is 12.2. The number of esters is 1. The van der Waals surface area contributed by atoms with Gasteiger partial charge in [-0.2, -0.15) is 0 Å². The second kappa shape index (κ2) is 9.75. The lowest BCUT2D eigenvalue weighted by Gasteiger charge is -2.15. The van der Waals surface area contributed by atoms with Crippen LogP contribution in [0.2, 0.25) is 5.02 Å². The van der Waals surface area contributed by atoms with E-state index in [0.717, 1.165) is 0 Å². The van der Waals surface area contributed by atoms with Crippen molar-refractivity contribution in [2.24, 2.45) is 0 Å². The Bertz CT molecular complexity index is 713. The molecule has 140 valence electrons. The third kappa shape index (κ3) is 5.86. The molecule has 1 aromatic rings. The quantitative estimate of drug-likeness (QED) is 0.506. The van der Waals surface area contributed by atoms with E-state index >= 15 is 0 Å². The predicted molar refractivity (Wildman–Crippen MR) is 102 cm³/mol. The zero-order chi connectivity index (χ0) is 19.1. The number of nitrogens with zero attached hydrogens (tertiary/aromatic N) is 1. The van der Waals surface area contributed by atoms with Gasteiger partial charge in [-0.25, -0.2) is 0 Å². The molecule has 1 N–H and O–H groups in total. The lowest BCUT2D eigenvalue weighted by atomic mass is 10.1. The summed E-state index contributed by atoms with van der Waals surface area (Å²) in [5, 5.41) is 3.05. The topological polar surface area (TPSA) is 84.9 Å². The van der Waals surface area contributed by atoms with Gasteiger partial charge in [0.05, 0.1) is 19.3 Å². The standard InChI is InChI=1S/C16H17ClN2O5S2/c1-23-12-3-2-11(17)6-10(12)7-15(22)24-8-13(20)18-4-5-19-14(21)9-26-16(19)25/h2-3,6H,4-5,7-9H2,1H3,(H,18,20). The van der Waals surface area contributed by atoms with Crippen molar-refractivity contribution in [2.75, 3.05) is 32.6 Å². The highest BCUT2D eigenvalue weighted by Crippen LogP contribution is 2.23. The van der Waals surface area contributed by atoms with E-state index in [1.54, 1.807) is 18.2 Å². The fourth-order valence-electron chi connectivity index (χ4n) is 2.19. The average Bonchev–Trinajstić information content (AvgIpc) is 2.92. The smallest absolute Gasteiger partial charge is 0.310 e. The summed E-state index contributed by atoms with van der Waals surface area (Å²) in [7, 11) is 1.49. The molecule has 1 fully saturated rings. The van der Waals surface area contributed by atoms with Gasteiger partial charge in [0.25, 0.3) is 5.91 Å². The molecule has 1 aromatic carbocycles. The Morgan fingerprint density at radius 2 is 2.19 bits per heavy atom. The predicted octanol–water partition coefficient (Wildman–Crippen LogP) is 1.41. The Labute approximate surface area is 165 Å². The molecule has 0 saturated carbocycles. The summed E-state index contributed by atoms with van der Waals surface area (Å²) in [4.78, 5) is 36.6. The molecular formula is C16H17ClN2O5S2. The van der Waals surface area contributed by atoms with E-state index in [2.05, 4.69) is 5.32 Å². The minimum Gasteiger partial charge on any atom is -0.496 e. The summed E-state index contributed by atoms with van der Waals surface area (Å²) in [5.41, 5.74) is 0.573. The number of halogens is 1. The molecule has 7 nitrogen and oxygen atoms in total. The van der Waals surface area contributed by atoms with Gasteiger partial charge in [0, 0.05) is 23.7 Å². The third-order valence-corrected chi connectivity index (χ3v) is 5.11. The molecule has 0 aromatic heterocycles. The van der Waals surface area contributed by atoms with Crippen molar-refractivity contribution in [2.45, 2.75) is 6.42 Å². The van der Waals surface area contributed by atoms with Crippen LogP contribution in [0.1, 0.15) is 5.56 Å². The van der Waals surface area contributed by atoms with E-state index in [4.69, 9.17) is 33.3 Å². The van der Waals surface area contributed by atoms with Gasteiger partial charge in [-0.1, -0.05) is 35.6 Å². The summed E-state index contributed by atoms with van der Waals surface area (Å²) in [6.45, 7) is 0.115. The Balaban J connectivity index is 1.72. The zero-order valence-corrected chi connectivity index (χ0v) is 16.3. The van der Waals surface area contributed by atoms with Gasteiger partial charge < -0.3 is 14.8 Å². The molecule has 26 heavy (non-hydrogen) atoms. The molecule has 10 heteroatoms. The maximum atomic E-state index is 11.9. The van der Waals surface area contributed by atoms with Crippen molar-refractivity contribution >= 4 is 57.7 Å². The number of hydrogen-bond donors (Lipinski definition) is 1. The summed E-state index contributed by atoms with van der Waals surface area (Å²) in [6.07, 6.45) is -0.0647. The first-order valence-electron chi connectivity index (χ1n) is 7.62. The molecule has 1 heterocycles. The maximum absolute atomic E-state index is 11.9. The molecular weight excluding hydrogens is 400 g/mol. The van der Waals surface area contributed by atoms with Crippen LogP contribution in [0.3, 0.4) is 0 Å². The van der Waals surface area contributed by atoms with E-state index in [-0.39, 0.29) is 18.9 Å². The largest absolute Gasteiger partial charge is 0.496 e. The lowest BCUT2D eigenvalue weighted by molar-refractivity contribution is -0.147. The minimum absolute atomic E-state index is 0.0647. The van der Waals surface area contributed by atoms with E-state index < -0.39 is 18.5 Å². The highest BCUT2D eigenvalue weighted by Gasteiger charge is 2.25. The Kier molecular flexibility index (Phi) is 7.67. The molecule has 0 radical (unpaired) electrons. The lowest BCUT2D eigenvalue weighted by Crippen LogP contribution is -2.38. The number of carbonyl (C=O) groups is 3. The fourth-order valence-corrected chi connectivity index (χ4v) is 3.51. The normalized spacial score (nSPS) is 13.7. The summed E-state index contributed by atoms with van der Waals surface area (Å²) in [6, 6.07) is 4.91. The molecule has 1 aliphatic rings. The fraction of sp³-hybridized carbons (Fsp3) is 0.375. The zero-order valence-electron chi connectivity index (χ0n) is 14.0. The Morgan fingerprint density at radius 1 is 1.42 bits per heavy atom. The third-order valence-electron chi connectivity index (χ3n) is 3.44. The van der Waals surface area contributed by atoms with Gasteiger partial charge in [-0.15, -0.1) is 0 Å². The number of amides is 2. The Hall–Kier alpha value is -1.84.